The number of pyridine rings is 2. The number of likely N-dealkylation sites (tertiary alicyclic amines) is 1. The number of fused-ring (bicyclic) bond motifs is 1. The molecule has 2 amide bonds. The standard InChI is InChI=1S/C25H26N6O2/c1-17-19-11-12-22(32)31(16-18-8-2-5-13-26-18)24(19)29-23(28-17)21-10-4-7-15-30(21)25(33)20-9-3-6-14-27-20/h2-3,5-6,8-9,13-14,21H,4,7,10-12,15-16H2,1H3/t21-/m0/s1. The van der Waals surface area contributed by atoms with E-state index in [0.717, 1.165) is 36.2 Å². The Bertz CT molecular complexity index is 1170. The van der Waals surface area contributed by atoms with E-state index in [1.807, 2.05) is 36.1 Å². The van der Waals surface area contributed by atoms with E-state index in [4.69, 9.17) is 9.97 Å². The lowest BCUT2D eigenvalue weighted by molar-refractivity contribution is -0.119. The molecule has 1 saturated heterocycles. The fraction of sp³-hybridized carbons (Fsp3) is 0.360. The van der Waals surface area contributed by atoms with Crippen molar-refractivity contribution in [2.45, 2.75) is 51.6 Å². The van der Waals surface area contributed by atoms with Crippen LogP contribution in [0.2, 0.25) is 0 Å². The molecule has 2 aliphatic heterocycles. The molecule has 33 heavy (non-hydrogen) atoms. The van der Waals surface area contributed by atoms with Gasteiger partial charge in [-0.05, 0) is 56.9 Å². The van der Waals surface area contributed by atoms with Crippen LogP contribution in [0.4, 0.5) is 5.82 Å². The lowest BCUT2D eigenvalue weighted by atomic mass is 9.99. The second-order valence-electron chi connectivity index (χ2n) is 8.50. The van der Waals surface area contributed by atoms with Gasteiger partial charge in [-0.2, -0.15) is 0 Å². The van der Waals surface area contributed by atoms with Crippen molar-refractivity contribution in [3.8, 4) is 0 Å². The number of hydrogen-bond donors (Lipinski definition) is 0. The summed E-state index contributed by atoms with van der Waals surface area (Å²) in [7, 11) is 0. The summed E-state index contributed by atoms with van der Waals surface area (Å²) in [5.41, 5.74) is 3.09. The van der Waals surface area contributed by atoms with Gasteiger partial charge in [-0.25, -0.2) is 9.97 Å². The number of rotatable bonds is 4. The molecule has 1 atom stereocenters. The molecule has 5 heterocycles. The predicted molar refractivity (Wildman–Crippen MR) is 122 cm³/mol. The fourth-order valence-corrected chi connectivity index (χ4v) is 4.65. The number of hydrogen-bond acceptors (Lipinski definition) is 6. The number of aryl methyl sites for hydroxylation is 1. The first-order valence-electron chi connectivity index (χ1n) is 11.4. The van der Waals surface area contributed by atoms with E-state index < -0.39 is 0 Å². The molecule has 0 saturated carbocycles. The van der Waals surface area contributed by atoms with Gasteiger partial charge in [0.15, 0.2) is 5.82 Å². The fourth-order valence-electron chi connectivity index (χ4n) is 4.65. The zero-order chi connectivity index (χ0) is 22.8. The van der Waals surface area contributed by atoms with Gasteiger partial charge in [0, 0.05) is 36.6 Å². The number of nitrogens with zero attached hydrogens (tertiary/aromatic N) is 6. The van der Waals surface area contributed by atoms with Gasteiger partial charge in [-0.3, -0.25) is 24.5 Å². The van der Waals surface area contributed by atoms with Crippen molar-refractivity contribution in [3.63, 3.8) is 0 Å². The Balaban J connectivity index is 1.51. The molecule has 8 nitrogen and oxygen atoms in total. The van der Waals surface area contributed by atoms with Gasteiger partial charge in [0.25, 0.3) is 5.91 Å². The lowest BCUT2D eigenvalue weighted by Gasteiger charge is -2.36. The number of carbonyl (C=O) groups excluding carboxylic acids is 2. The summed E-state index contributed by atoms with van der Waals surface area (Å²) in [6.45, 7) is 2.96. The molecule has 0 bridgehead atoms. The van der Waals surface area contributed by atoms with Crippen molar-refractivity contribution in [1.29, 1.82) is 0 Å². The van der Waals surface area contributed by atoms with E-state index in [9.17, 15) is 9.59 Å². The molecule has 8 heteroatoms. The largest absolute Gasteiger partial charge is 0.327 e. The highest BCUT2D eigenvalue weighted by Crippen LogP contribution is 2.35. The van der Waals surface area contributed by atoms with Crippen molar-refractivity contribution < 1.29 is 9.59 Å². The molecule has 0 aromatic carbocycles. The smallest absolute Gasteiger partial charge is 0.273 e. The minimum absolute atomic E-state index is 0.0299. The van der Waals surface area contributed by atoms with Crippen molar-refractivity contribution in [3.05, 3.63) is 77.3 Å². The van der Waals surface area contributed by atoms with Crippen LogP contribution in [0.25, 0.3) is 0 Å². The highest BCUT2D eigenvalue weighted by molar-refractivity contribution is 5.95. The van der Waals surface area contributed by atoms with Crippen LogP contribution < -0.4 is 4.90 Å². The second kappa shape index (κ2) is 9.05. The van der Waals surface area contributed by atoms with Crippen LogP contribution in [-0.4, -0.2) is 43.2 Å². The van der Waals surface area contributed by atoms with E-state index in [-0.39, 0.29) is 17.9 Å². The number of amides is 2. The molecule has 5 rings (SSSR count). The van der Waals surface area contributed by atoms with Crippen molar-refractivity contribution in [1.82, 2.24) is 24.8 Å². The Labute approximate surface area is 192 Å². The van der Waals surface area contributed by atoms with E-state index in [1.165, 1.54) is 0 Å². The van der Waals surface area contributed by atoms with Crippen molar-refractivity contribution in [2.75, 3.05) is 11.4 Å². The quantitative estimate of drug-likeness (QED) is 0.615. The number of aromatic nitrogens is 4. The molecule has 1 fully saturated rings. The lowest BCUT2D eigenvalue weighted by Crippen LogP contribution is -2.41. The monoisotopic (exact) mass is 442 g/mol. The number of piperidine rings is 1. The molecular formula is C25H26N6O2. The van der Waals surface area contributed by atoms with Crippen LogP contribution in [0.5, 0.6) is 0 Å². The average molecular weight is 443 g/mol. The Kier molecular flexibility index (Phi) is 5.81. The summed E-state index contributed by atoms with van der Waals surface area (Å²) in [6.07, 6.45) is 7.12. The maximum absolute atomic E-state index is 13.2. The first-order valence-corrected chi connectivity index (χ1v) is 11.4. The summed E-state index contributed by atoms with van der Waals surface area (Å²) >= 11 is 0. The average Bonchev–Trinajstić information content (AvgIpc) is 2.86. The highest BCUT2D eigenvalue weighted by Gasteiger charge is 2.34. The Morgan fingerprint density at radius 1 is 1.03 bits per heavy atom. The first-order chi connectivity index (χ1) is 16.1. The van der Waals surface area contributed by atoms with Gasteiger partial charge in [-0.1, -0.05) is 12.1 Å². The van der Waals surface area contributed by atoms with E-state index >= 15 is 0 Å². The number of carbonyl (C=O) groups is 2. The minimum Gasteiger partial charge on any atom is -0.327 e. The normalized spacial score (nSPS) is 18.2. The zero-order valence-corrected chi connectivity index (χ0v) is 18.6. The Morgan fingerprint density at radius 3 is 2.61 bits per heavy atom. The minimum atomic E-state index is -0.244. The Hall–Kier alpha value is -3.68. The van der Waals surface area contributed by atoms with Crippen molar-refractivity contribution >= 4 is 17.6 Å². The van der Waals surface area contributed by atoms with Crippen LogP contribution in [0.3, 0.4) is 0 Å². The van der Waals surface area contributed by atoms with Crippen LogP contribution in [0.15, 0.2) is 48.8 Å². The van der Waals surface area contributed by atoms with Gasteiger partial charge < -0.3 is 4.90 Å². The molecule has 0 spiro atoms. The molecule has 3 aromatic heterocycles. The van der Waals surface area contributed by atoms with Crippen LogP contribution in [0, 0.1) is 6.92 Å². The van der Waals surface area contributed by atoms with Gasteiger partial charge in [0.1, 0.15) is 11.5 Å². The topological polar surface area (TPSA) is 92.2 Å². The summed E-state index contributed by atoms with van der Waals surface area (Å²) < 4.78 is 0. The Morgan fingerprint density at radius 2 is 1.85 bits per heavy atom. The van der Waals surface area contributed by atoms with Gasteiger partial charge in [0.05, 0.1) is 18.3 Å². The van der Waals surface area contributed by atoms with Crippen LogP contribution in [-0.2, 0) is 17.8 Å². The zero-order valence-electron chi connectivity index (χ0n) is 18.6. The third kappa shape index (κ3) is 4.20. The van der Waals surface area contributed by atoms with Crippen LogP contribution in [0.1, 0.15) is 65.0 Å². The van der Waals surface area contributed by atoms with Crippen molar-refractivity contribution in [2.24, 2.45) is 0 Å². The van der Waals surface area contributed by atoms with E-state index in [1.54, 1.807) is 29.4 Å². The van der Waals surface area contributed by atoms with E-state index in [2.05, 4.69) is 9.97 Å². The second-order valence-corrected chi connectivity index (χ2v) is 8.50. The molecule has 0 N–H and O–H groups in total. The number of anilines is 1. The summed E-state index contributed by atoms with van der Waals surface area (Å²) in [4.78, 5) is 48.0. The van der Waals surface area contributed by atoms with Gasteiger partial charge in [-0.15, -0.1) is 0 Å². The maximum Gasteiger partial charge on any atom is 0.273 e. The highest BCUT2D eigenvalue weighted by atomic mass is 16.2. The van der Waals surface area contributed by atoms with Crippen LogP contribution >= 0.6 is 0 Å². The van der Waals surface area contributed by atoms with Gasteiger partial charge >= 0.3 is 0 Å². The SMILES string of the molecule is Cc1nc([C@@H]2CCCCN2C(=O)c2ccccn2)nc2c1CCC(=O)N2Cc1ccccn1. The third-order valence-corrected chi connectivity index (χ3v) is 6.35. The summed E-state index contributed by atoms with van der Waals surface area (Å²) in [5, 5.41) is 0. The molecular weight excluding hydrogens is 416 g/mol. The maximum atomic E-state index is 13.2. The van der Waals surface area contributed by atoms with E-state index in [0.29, 0.717) is 43.3 Å². The molecule has 2 aliphatic rings. The third-order valence-electron chi connectivity index (χ3n) is 6.35. The summed E-state index contributed by atoms with van der Waals surface area (Å²) in [6, 6.07) is 10.8. The molecule has 0 aliphatic carbocycles. The molecule has 0 unspecified atom stereocenters. The summed E-state index contributed by atoms with van der Waals surface area (Å²) in [5.74, 6) is 1.16. The molecule has 3 aromatic rings. The van der Waals surface area contributed by atoms with Gasteiger partial charge in [0.2, 0.25) is 5.91 Å². The first kappa shape index (κ1) is 21.2. The molecule has 168 valence electrons. The predicted octanol–water partition coefficient (Wildman–Crippen LogP) is 3.42. The molecule has 0 radical (unpaired) electrons.